The van der Waals surface area contributed by atoms with Gasteiger partial charge >= 0.3 is 11.9 Å². The first kappa shape index (κ1) is 21.6. The molecular formula is C21H14ClF3N4O3. The van der Waals surface area contributed by atoms with Crippen LogP contribution in [0, 0.1) is 0 Å². The van der Waals surface area contributed by atoms with Gasteiger partial charge in [-0.1, -0.05) is 17.7 Å². The number of pyridine rings is 2. The second-order valence-corrected chi connectivity index (χ2v) is 7.18. The number of hydrogen-bond donors (Lipinski definition) is 0. The number of halogens is 4. The number of ether oxygens (including phenoxy) is 1. The van der Waals surface area contributed by atoms with E-state index in [0.29, 0.717) is 11.7 Å². The van der Waals surface area contributed by atoms with Crippen LogP contribution >= 0.6 is 11.6 Å². The molecule has 0 spiro atoms. The van der Waals surface area contributed by atoms with Crippen molar-refractivity contribution in [3.05, 3.63) is 92.5 Å². The van der Waals surface area contributed by atoms with Crippen molar-refractivity contribution in [3.8, 4) is 22.8 Å². The molecule has 0 radical (unpaired) electrons. The Balaban J connectivity index is 1.69. The van der Waals surface area contributed by atoms with Gasteiger partial charge in [0.1, 0.15) is 10.9 Å². The lowest BCUT2D eigenvalue weighted by Gasteiger charge is -2.15. The van der Waals surface area contributed by atoms with Crippen LogP contribution in [0.2, 0.25) is 5.15 Å². The minimum Gasteiger partial charge on any atom is -0.484 e. The number of hydrogen-bond acceptors (Lipinski definition) is 5. The maximum absolute atomic E-state index is 13.0. The summed E-state index contributed by atoms with van der Waals surface area (Å²) in [5, 5.41) is 0.342. The molecule has 0 amide bonds. The Morgan fingerprint density at radius 1 is 1.03 bits per heavy atom. The average molecular weight is 463 g/mol. The molecule has 0 aliphatic carbocycles. The molecule has 0 fully saturated rings. The Bertz CT molecular complexity index is 1330. The van der Waals surface area contributed by atoms with E-state index in [1.165, 1.54) is 30.3 Å². The van der Waals surface area contributed by atoms with Gasteiger partial charge in [0.2, 0.25) is 0 Å². The van der Waals surface area contributed by atoms with E-state index in [1.54, 1.807) is 35.2 Å². The third-order valence-corrected chi connectivity index (χ3v) is 4.73. The topological polar surface area (TPSA) is 79.0 Å². The summed E-state index contributed by atoms with van der Waals surface area (Å²) in [7, 11) is 0. The predicted molar refractivity (Wildman–Crippen MR) is 111 cm³/mol. The van der Waals surface area contributed by atoms with Crippen LogP contribution in [0.4, 0.5) is 13.2 Å². The Morgan fingerprint density at radius 2 is 1.78 bits per heavy atom. The van der Waals surface area contributed by atoms with Gasteiger partial charge in [-0.15, -0.1) is 0 Å². The maximum Gasteiger partial charge on any atom is 0.422 e. The van der Waals surface area contributed by atoms with Crippen LogP contribution in [0.5, 0.6) is 5.75 Å². The Morgan fingerprint density at radius 3 is 2.44 bits per heavy atom. The van der Waals surface area contributed by atoms with Crippen molar-refractivity contribution in [1.29, 1.82) is 0 Å². The molecule has 1 aromatic heterocycles. The number of rotatable bonds is 5. The second kappa shape index (κ2) is 8.46. The quantitative estimate of drug-likeness (QED) is 0.424. The average Bonchev–Trinajstić information content (AvgIpc) is 2.75. The number of benzene rings is 1. The Hall–Kier alpha value is -3.66. The maximum atomic E-state index is 13.0. The van der Waals surface area contributed by atoms with Crippen LogP contribution in [-0.2, 0) is 6.54 Å². The van der Waals surface area contributed by atoms with Gasteiger partial charge in [0, 0.05) is 12.4 Å². The van der Waals surface area contributed by atoms with Crippen LogP contribution in [-0.4, -0.2) is 31.9 Å². The molecular weight excluding hydrogens is 449 g/mol. The Kier molecular flexibility index (Phi) is 5.70. The first-order valence-electron chi connectivity index (χ1n) is 9.24. The summed E-state index contributed by atoms with van der Waals surface area (Å²) >= 11 is 5.80. The zero-order chi connectivity index (χ0) is 22.9. The summed E-state index contributed by atoms with van der Waals surface area (Å²) in [6.07, 6.45) is -1.21. The third-order valence-electron chi connectivity index (χ3n) is 4.51. The van der Waals surface area contributed by atoms with Gasteiger partial charge in [0.25, 0.3) is 5.56 Å². The molecule has 2 aliphatic heterocycles. The molecule has 2 aliphatic rings. The van der Waals surface area contributed by atoms with Crippen LogP contribution < -0.4 is 16.0 Å². The van der Waals surface area contributed by atoms with E-state index in [9.17, 15) is 22.8 Å². The third kappa shape index (κ3) is 4.65. The van der Waals surface area contributed by atoms with Gasteiger partial charge in [-0.05, 0) is 48.0 Å². The van der Waals surface area contributed by atoms with Crippen LogP contribution in [0.15, 0.2) is 70.5 Å². The molecule has 4 rings (SSSR count). The lowest BCUT2D eigenvalue weighted by Crippen LogP contribution is -2.36. The molecule has 2 aromatic rings. The fraction of sp³-hybridized carbons (Fsp3) is 0.143. The highest BCUT2D eigenvalue weighted by Gasteiger charge is 2.28. The van der Waals surface area contributed by atoms with Crippen molar-refractivity contribution in [2.75, 3.05) is 6.61 Å². The largest absolute Gasteiger partial charge is 0.484 e. The van der Waals surface area contributed by atoms with E-state index in [-0.39, 0.29) is 22.8 Å². The molecule has 32 heavy (non-hydrogen) atoms. The van der Waals surface area contributed by atoms with E-state index in [4.69, 9.17) is 11.6 Å². The molecule has 3 heterocycles. The number of nitrogens with zero attached hydrogens (tertiary/aromatic N) is 4. The molecule has 7 nitrogen and oxygen atoms in total. The summed E-state index contributed by atoms with van der Waals surface area (Å²) in [4.78, 5) is 33.8. The van der Waals surface area contributed by atoms with Gasteiger partial charge in [-0.25, -0.2) is 14.3 Å². The van der Waals surface area contributed by atoms with E-state index >= 15 is 0 Å². The summed E-state index contributed by atoms with van der Waals surface area (Å²) < 4.78 is 44.0. The molecule has 0 saturated carbocycles. The molecule has 1 aromatic carbocycles. The molecule has 0 bridgehead atoms. The number of aromatic nitrogens is 4. The molecule has 0 unspecified atom stereocenters. The summed E-state index contributed by atoms with van der Waals surface area (Å²) in [5.41, 5.74) is -0.273. The van der Waals surface area contributed by atoms with Crippen LogP contribution in [0.1, 0.15) is 5.56 Å². The summed E-state index contributed by atoms with van der Waals surface area (Å²) in [6, 6.07) is 11.7. The van der Waals surface area contributed by atoms with Gasteiger partial charge < -0.3 is 9.30 Å². The summed E-state index contributed by atoms with van der Waals surface area (Å²) in [5.74, 6) is 0.147. The van der Waals surface area contributed by atoms with Gasteiger partial charge in [0.15, 0.2) is 12.4 Å². The van der Waals surface area contributed by atoms with Crippen molar-refractivity contribution in [1.82, 2.24) is 19.1 Å². The Labute approximate surface area is 183 Å². The minimum atomic E-state index is -4.47. The highest BCUT2D eigenvalue weighted by molar-refractivity contribution is 6.29. The fourth-order valence-electron chi connectivity index (χ4n) is 3.09. The van der Waals surface area contributed by atoms with Crippen molar-refractivity contribution in [2.24, 2.45) is 0 Å². The first-order valence-corrected chi connectivity index (χ1v) is 9.62. The molecule has 11 heteroatoms. The predicted octanol–water partition coefficient (Wildman–Crippen LogP) is 3.54. The van der Waals surface area contributed by atoms with E-state index < -0.39 is 24.0 Å². The van der Waals surface area contributed by atoms with E-state index in [1.807, 2.05) is 0 Å². The van der Waals surface area contributed by atoms with Crippen molar-refractivity contribution in [2.45, 2.75) is 12.7 Å². The highest BCUT2D eigenvalue weighted by Crippen LogP contribution is 2.20. The van der Waals surface area contributed by atoms with E-state index in [0.717, 1.165) is 10.1 Å². The zero-order valence-corrected chi connectivity index (χ0v) is 17.0. The lowest BCUT2D eigenvalue weighted by atomic mass is 10.2. The van der Waals surface area contributed by atoms with Crippen molar-refractivity contribution >= 4 is 11.6 Å². The van der Waals surface area contributed by atoms with Crippen molar-refractivity contribution < 1.29 is 17.9 Å². The molecule has 0 atom stereocenters. The standard InChI is InChI=1S/C21H14ClF3N4O3/c22-17-8-3-13(10-26-17)11-28-9-1-2-16-18(28)27-20(31)29(19(16)30)14-4-6-15(7-5-14)32-12-21(23,24)25/h1-10H,11-12H2. The van der Waals surface area contributed by atoms with Crippen molar-refractivity contribution in [3.63, 3.8) is 0 Å². The minimum absolute atomic E-state index is 0.0465. The normalized spacial score (nSPS) is 11.6. The SMILES string of the molecule is O=c1nc2n(Cc3ccc(Cl)nc3)cccc-2c(=O)n1-c1ccc(OCC(F)(F)F)cc1. The smallest absolute Gasteiger partial charge is 0.422 e. The van der Waals surface area contributed by atoms with E-state index in [2.05, 4.69) is 14.7 Å². The highest BCUT2D eigenvalue weighted by atomic mass is 35.5. The summed E-state index contributed by atoms with van der Waals surface area (Å²) in [6.45, 7) is -1.14. The number of fused-ring (bicyclic) bond motifs is 1. The first-order chi connectivity index (χ1) is 15.2. The molecule has 0 saturated heterocycles. The fourth-order valence-corrected chi connectivity index (χ4v) is 3.20. The monoisotopic (exact) mass is 462 g/mol. The van der Waals surface area contributed by atoms with Gasteiger partial charge in [0.05, 0.1) is 17.8 Å². The van der Waals surface area contributed by atoms with Gasteiger partial charge in [-0.2, -0.15) is 18.2 Å². The zero-order valence-electron chi connectivity index (χ0n) is 16.2. The van der Waals surface area contributed by atoms with Gasteiger partial charge in [-0.3, -0.25) is 4.79 Å². The van der Waals surface area contributed by atoms with Crippen LogP contribution in [0.3, 0.4) is 0 Å². The molecule has 164 valence electrons. The molecule has 0 N–H and O–H groups in total. The lowest BCUT2D eigenvalue weighted by molar-refractivity contribution is -0.153. The second-order valence-electron chi connectivity index (χ2n) is 6.80. The number of alkyl halides is 3. The van der Waals surface area contributed by atoms with Crippen LogP contribution in [0.25, 0.3) is 17.1 Å².